The van der Waals surface area contributed by atoms with Gasteiger partial charge in [0.25, 0.3) is 5.97 Å². The predicted octanol–water partition coefficient (Wildman–Crippen LogP) is 3.18. The lowest BCUT2D eigenvalue weighted by molar-refractivity contribution is -0.139. The van der Waals surface area contributed by atoms with Gasteiger partial charge in [0.05, 0.1) is 0 Å². The highest BCUT2D eigenvalue weighted by Gasteiger charge is 2.29. The summed E-state index contributed by atoms with van der Waals surface area (Å²) < 4.78 is 0. The molecule has 4 heteroatoms. The Hall–Kier alpha value is -1.32. The Kier molecular flexibility index (Phi) is 7.32. The summed E-state index contributed by atoms with van der Waals surface area (Å²) in [7, 11) is 0. The molecule has 0 aromatic heterocycles. The highest BCUT2D eigenvalue weighted by Crippen LogP contribution is 2.38. The predicted molar refractivity (Wildman–Crippen MR) is 70.4 cm³/mol. The van der Waals surface area contributed by atoms with E-state index in [-0.39, 0.29) is 0 Å². The maximum absolute atomic E-state index is 10.7. The first-order chi connectivity index (χ1) is 8.23. The van der Waals surface area contributed by atoms with Gasteiger partial charge in [-0.2, -0.15) is 0 Å². The van der Waals surface area contributed by atoms with E-state index in [9.17, 15) is 4.79 Å². The second-order valence-electron chi connectivity index (χ2n) is 5.21. The lowest BCUT2D eigenvalue weighted by Crippen LogP contribution is -2.25. The van der Waals surface area contributed by atoms with Crippen molar-refractivity contribution in [3.8, 4) is 0 Å². The molecule has 0 radical (unpaired) electrons. The van der Waals surface area contributed by atoms with Crippen LogP contribution < -0.4 is 0 Å². The van der Waals surface area contributed by atoms with Crippen molar-refractivity contribution in [3.63, 3.8) is 0 Å². The molecule has 1 aliphatic rings. The molecule has 0 heterocycles. The number of hydrogen-bond donors (Lipinski definition) is 2. The number of hydrogen-bond acceptors (Lipinski definition) is 2. The van der Waals surface area contributed by atoms with E-state index < -0.39 is 11.9 Å². The standard InChI is InChI=1S/C12H20O2.C2H4O2/c1-8(2)10-5-4-9(3)11(6-10)7-12(13)14;1-2(3)4/h9-11H,1,4-7H2,2-3H3,(H,13,14);1H3,(H,3,4). The molecule has 104 valence electrons. The summed E-state index contributed by atoms with van der Waals surface area (Å²) in [6.45, 7) is 9.28. The smallest absolute Gasteiger partial charge is 0.303 e. The summed E-state index contributed by atoms with van der Waals surface area (Å²) in [5.41, 5.74) is 1.22. The first-order valence-electron chi connectivity index (χ1n) is 6.30. The lowest BCUT2D eigenvalue weighted by atomic mass is 9.72. The fraction of sp³-hybridized carbons (Fsp3) is 0.714. The third-order valence-corrected chi connectivity index (χ3v) is 3.50. The van der Waals surface area contributed by atoms with Gasteiger partial charge in [0.2, 0.25) is 0 Å². The van der Waals surface area contributed by atoms with Crippen LogP contribution in [0.3, 0.4) is 0 Å². The molecule has 0 aromatic carbocycles. The zero-order valence-electron chi connectivity index (χ0n) is 11.5. The Morgan fingerprint density at radius 1 is 1.22 bits per heavy atom. The van der Waals surface area contributed by atoms with Crippen molar-refractivity contribution < 1.29 is 19.8 Å². The molecule has 1 aliphatic carbocycles. The quantitative estimate of drug-likeness (QED) is 0.760. The highest BCUT2D eigenvalue weighted by molar-refractivity contribution is 5.67. The van der Waals surface area contributed by atoms with Crippen LogP contribution in [0.25, 0.3) is 0 Å². The Labute approximate surface area is 109 Å². The monoisotopic (exact) mass is 256 g/mol. The highest BCUT2D eigenvalue weighted by atomic mass is 16.4. The molecule has 0 bridgehead atoms. The maximum atomic E-state index is 10.7. The van der Waals surface area contributed by atoms with Crippen molar-refractivity contribution in [1.29, 1.82) is 0 Å². The second-order valence-corrected chi connectivity index (χ2v) is 5.21. The molecule has 1 fully saturated rings. The van der Waals surface area contributed by atoms with E-state index in [1.807, 2.05) is 0 Å². The minimum absolute atomic E-state index is 0.324. The van der Waals surface area contributed by atoms with E-state index in [4.69, 9.17) is 15.0 Å². The first kappa shape index (κ1) is 16.7. The number of carbonyl (C=O) groups is 2. The van der Waals surface area contributed by atoms with Gasteiger partial charge in [-0.3, -0.25) is 9.59 Å². The van der Waals surface area contributed by atoms with Gasteiger partial charge in [0.15, 0.2) is 0 Å². The van der Waals surface area contributed by atoms with Crippen LogP contribution in [-0.2, 0) is 9.59 Å². The lowest BCUT2D eigenvalue weighted by Gasteiger charge is -2.33. The summed E-state index contributed by atoms with van der Waals surface area (Å²) in [5, 5.41) is 16.2. The summed E-state index contributed by atoms with van der Waals surface area (Å²) in [4.78, 5) is 19.7. The summed E-state index contributed by atoms with van der Waals surface area (Å²) in [6.07, 6.45) is 3.68. The van der Waals surface area contributed by atoms with Crippen molar-refractivity contribution in [3.05, 3.63) is 12.2 Å². The average Bonchev–Trinajstić information content (AvgIpc) is 2.19. The third-order valence-electron chi connectivity index (χ3n) is 3.50. The number of carboxylic acids is 2. The van der Waals surface area contributed by atoms with Crippen LogP contribution in [-0.4, -0.2) is 22.2 Å². The van der Waals surface area contributed by atoms with E-state index in [1.165, 1.54) is 12.0 Å². The molecule has 3 unspecified atom stereocenters. The zero-order chi connectivity index (χ0) is 14.3. The van der Waals surface area contributed by atoms with Crippen LogP contribution in [0.2, 0.25) is 0 Å². The Morgan fingerprint density at radius 2 is 1.72 bits per heavy atom. The van der Waals surface area contributed by atoms with Crippen molar-refractivity contribution in [2.45, 2.75) is 46.5 Å². The van der Waals surface area contributed by atoms with E-state index in [2.05, 4.69) is 20.4 Å². The van der Waals surface area contributed by atoms with Crippen LogP contribution in [0.1, 0.15) is 46.5 Å². The molecular weight excluding hydrogens is 232 g/mol. The van der Waals surface area contributed by atoms with Crippen LogP contribution >= 0.6 is 0 Å². The molecule has 0 saturated heterocycles. The third kappa shape index (κ3) is 7.09. The summed E-state index contributed by atoms with van der Waals surface area (Å²) in [5.74, 6) is -0.0376. The van der Waals surface area contributed by atoms with E-state index in [0.29, 0.717) is 24.2 Å². The van der Waals surface area contributed by atoms with E-state index >= 15 is 0 Å². The van der Waals surface area contributed by atoms with Gasteiger partial charge >= 0.3 is 5.97 Å². The minimum atomic E-state index is -0.833. The molecule has 4 nitrogen and oxygen atoms in total. The molecule has 0 aromatic rings. The van der Waals surface area contributed by atoms with Gasteiger partial charge in [-0.05, 0) is 43.9 Å². The molecule has 1 saturated carbocycles. The fourth-order valence-electron chi connectivity index (χ4n) is 2.37. The van der Waals surface area contributed by atoms with Crippen LogP contribution in [0.15, 0.2) is 12.2 Å². The largest absolute Gasteiger partial charge is 0.481 e. The van der Waals surface area contributed by atoms with Crippen molar-refractivity contribution in [2.24, 2.45) is 17.8 Å². The van der Waals surface area contributed by atoms with Crippen molar-refractivity contribution >= 4 is 11.9 Å². The Balaban J connectivity index is 0.000000631. The van der Waals surface area contributed by atoms with Gasteiger partial charge in [-0.1, -0.05) is 19.1 Å². The molecule has 0 spiro atoms. The van der Waals surface area contributed by atoms with E-state index in [1.54, 1.807) is 0 Å². The molecule has 2 N–H and O–H groups in total. The van der Waals surface area contributed by atoms with Crippen LogP contribution in [0.4, 0.5) is 0 Å². The number of rotatable bonds is 3. The number of allylic oxidation sites excluding steroid dienone is 1. The Morgan fingerprint density at radius 3 is 2.11 bits per heavy atom. The molecule has 1 rings (SSSR count). The van der Waals surface area contributed by atoms with Crippen LogP contribution in [0.5, 0.6) is 0 Å². The fourth-order valence-corrected chi connectivity index (χ4v) is 2.37. The number of carboxylic acid groups (broad SMARTS) is 2. The number of aliphatic carboxylic acids is 2. The average molecular weight is 256 g/mol. The SMILES string of the molecule is C=C(C)C1CCC(C)C(CC(=O)O)C1.CC(=O)O. The normalized spacial score (nSPS) is 26.7. The van der Waals surface area contributed by atoms with Gasteiger partial charge < -0.3 is 10.2 Å². The minimum Gasteiger partial charge on any atom is -0.481 e. The molecule has 0 aliphatic heterocycles. The van der Waals surface area contributed by atoms with Crippen molar-refractivity contribution in [1.82, 2.24) is 0 Å². The van der Waals surface area contributed by atoms with Gasteiger partial charge in [-0.15, -0.1) is 0 Å². The molecular formula is C14H24O4. The molecule has 0 amide bonds. The van der Waals surface area contributed by atoms with Crippen LogP contribution in [0, 0.1) is 17.8 Å². The van der Waals surface area contributed by atoms with E-state index in [0.717, 1.165) is 19.8 Å². The summed E-state index contributed by atoms with van der Waals surface area (Å²) in [6, 6.07) is 0. The summed E-state index contributed by atoms with van der Waals surface area (Å²) >= 11 is 0. The van der Waals surface area contributed by atoms with Gasteiger partial charge in [0.1, 0.15) is 0 Å². The van der Waals surface area contributed by atoms with Gasteiger partial charge in [0, 0.05) is 13.3 Å². The van der Waals surface area contributed by atoms with Gasteiger partial charge in [-0.25, -0.2) is 0 Å². The second kappa shape index (κ2) is 7.90. The Bertz CT molecular complexity index is 305. The topological polar surface area (TPSA) is 74.6 Å². The van der Waals surface area contributed by atoms with Crippen molar-refractivity contribution in [2.75, 3.05) is 0 Å². The molecule has 18 heavy (non-hydrogen) atoms. The zero-order valence-corrected chi connectivity index (χ0v) is 11.5. The maximum Gasteiger partial charge on any atom is 0.303 e. The first-order valence-corrected chi connectivity index (χ1v) is 6.30. The molecule has 3 atom stereocenters.